The molecule has 0 saturated carbocycles. The van der Waals surface area contributed by atoms with Gasteiger partial charge in [-0.1, -0.05) is 12.1 Å². The zero-order valence-electron chi connectivity index (χ0n) is 12.4. The van der Waals surface area contributed by atoms with E-state index in [0.717, 1.165) is 0 Å². The topological polar surface area (TPSA) is 132 Å². The number of aromatic nitrogens is 2. The molecule has 0 fully saturated rings. The van der Waals surface area contributed by atoms with Crippen LogP contribution in [0.25, 0.3) is 11.0 Å². The molecule has 2 rings (SSSR count). The fourth-order valence-corrected chi connectivity index (χ4v) is 3.32. The van der Waals surface area contributed by atoms with E-state index in [4.69, 9.17) is 5.73 Å². The summed E-state index contributed by atoms with van der Waals surface area (Å²) in [6.07, 6.45) is -0.342. The molecular formula is C14H16N4O4S. The number of hydrogen-bond donors (Lipinski definition) is 2. The molecule has 0 spiro atoms. The quantitative estimate of drug-likeness (QED) is 0.814. The molecule has 0 unspecified atom stereocenters. The monoisotopic (exact) mass is 336 g/mol. The maximum Gasteiger partial charge on any atom is 0.318 e. The van der Waals surface area contributed by atoms with Gasteiger partial charge in [0.1, 0.15) is 0 Å². The Morgan fingerprint density at radius 3 is 2.39 bits per heavy atom. The van der Waals surface area contributed by atoms with Gasteiger partial charge in [0.15, 0.2) is 9.84 Å². The minimum Gasteiger partial charge on any atom is -0.351 e. The third-order valence-electron chi connectivity index (χ3n) is 3.10. The summed E-state index contributed by atoms with van der Waals surface area (Å²) in [5.41, 5.74) is 6.95. The van der Waals surface area contributed by atoms with Crippen molar-refractivity contribution in [2.45, 2.75) is 19.1 Å². The molecule has 0 atom stereocenters. The molecule has 8 nitrogen and oxygen atoms in total. The number of para-hydroxylation sites is 2. The number of nitrogens with two attached hydrogens (primary N) is 1. The van der Waals surface area contributed by atoms with Crippen molar-refractivity contribution in [3.8, 4) is 0 Å². The van der Waals surface area contributed by atoms with Crippen LogP contribution in [0.5, 0.6) is 0 Å². The average molecular weight is 336 g/mol. The van der Waals surface area contributed by atoms with Crippen LogP contribution in [-0.4, -0.2) is 36.1 Å². The number of nitrogens with one attached hydrogen (secondary N) is 1. The Labute approximate surface area is 133 Å². The van der Waals surface area contributed by atoms with Crippen molar-refractivity contribution < 1.29 is 18.0 Å². The van der Waals surface area contributed by atoms with Crippen LogP contribution in [0.1, 0.15) is 17.8 Å². The van der Waals surface area contributed by atoms with E-state index in [9.17, 15) is 18.0 Å². The fraction of sp³-hybridized carbons (Fsp3) is 0.286. The predicted octanol–water partition coefficient (Wildman–Crippen LogP) is 0.438. The summed E-state index contributed by atoms with van der Waals surface area (Å²) in [7, 11) is -3.57. The Bertz CT molecular complexity index is 864. The highest BCUT2D eigenvalue weighted by Crippen LogP contribution is 2.15. The highest BCUT2D eigenvalue weighted by molar-refractivity contribution is 7.90. The number of urea groups is 1. The number of sulfone groups is 1. The second kappa shape index (κ2) is 6.69. The number of fused-ring (bicyclic) bond motifs is 1. The summed E-state index contributed by atoms with van der Waals surface area (Å²) in [5.74, 6) is -1.46. The average Bonchev–Trinajstić information content (AvgIpc) is 2.45. The predicted molar refractivity (Wildman–Crippen MR) is 84.1 cm³/mol. The number of primary amides is 1. The summed E-state index contributed by atoms with van der Waals surface area (Å²) in [4.78, 5) is 30.5. The molecule has 9 heteroatoms. The van der Waals surface area contributed by atoms with E-state index < -0.39 is 27.5 Å². The molecule has 1 heterocycles. The van der Waals surface area contributed by atoms with Crippen LogP contribution in [-0.2, 0) is 20.4 Å². The SMILES string of the molecule is Cc1nc2ccccc2nc1CS(=O)(=O)CCC(=O)NC(N)=O. The lowest BCUT2D eigenvalue weighted by molar-refractivity contribution is -0.119. The van der Waals surface area contributed by atoms with Crippen LogP contribution in [0, 0.1) is 6.92 Å². The summed E-state index contributed by atoms with van der Waals surface area (Å²) in [6, 6.07) is 6.15. The second-order valence-corrected chi connectivity index (χ2v) is 7.18. The summed E-state index contributed by atoms with van der Waals surface area (Å²) in [5, 5.41) is 1.82. The van der Waals surface area contributed by atoms with Gasteiger partial charge in [-0.3, -0.25) is 10.1 Å². The zero-order chi connectivity index (χ0) is 17.0. The first-order chi connectivity index (χ1) is 10.8. The third-order valence-corrected chi connectivity index (χ3v) is 4.64. The third kappa shape index (κ3) is 4.71. The molecule has 0 aliphatic rings. The Kier molecular flexibility index (Phi) is 4.89. The van der Waals surface area contributed by atoms with E-state index in [-0.39, 0.29) is 12.2 Å². The molecule has 1 aromatic carbocycles. The maximum atomic E-state index is 12.1. The zero-order valence-corrected chi connectivity index (χ0v) is 13.3. The fourth-order valence-electron chi connectivity index (χ4n) is 1.99. The molecule has 2 aromatic rings. The normalized spacial score (nSPS) is 11.3. The molecule has 0 aliphatic carbocycles. The van der Waals surface area contributed by atoms with Gasteiger partial charge in [-0.25, -0.2) is 23.2 Å². The summed E-state index contributed by atoms with van der Waals surface area (Å²) in [6.45, 7) is 1.68. The lowest BCUT2D eigenvalue weighted by atomic mass is 10.2. The van der Waals surface area contributed by atoms with Gasteiger partial charge < -0.3 is 5.73 Å². The Balaban J connectivity index is 2.12. The molecule has 1 aromatic heterocycles. The number of carbonyl (C=O) groups is 2. The molecule has 0 radical (unpaired) electrons. The van der Waals surface area contributed by atoms with Gasteiger partial charge in [-0.15, -0.1) is 0 Å². The molecule has 3 amide bonds. The highest BCUT2D eigenvalue weighted by atomic mass is 32.2. The first-order valence-corrected chi connectivity index (χ1v) is 8.61. The molecule has 23 heavy (non-hydrogen) atoms. The van der Waals surface area contributed by atoms with Crippen LogP contribution in [0.4, 0.5) is 4.79 Å². The first-order valence-electron chi connectivity index (χ1n) is 6.79. The Morgan fingerprint density at radius 2 is 1.78 bits per heavy atom. The number of nitrogens with zero attached hydrogens (tertiary/aromatic N) is 2. The molecule has 3 N–H and O–H groups in total. The van der Waals surface area contributed by atoms with Gasteiger partial charge in [-0.2, -0.15) is 0 Å². The number of rotatable bonds is 5. The second-order valence-electron chi connectivity index (χ2n) is 5.00. The van der Waals surface area contributed by atoms with Crippen molar-refractivity contribution in [1.29, 1.82) is 0 Å². The molecular weight excluding hydrogens is 320 g/mol. The van der Waals surface area contributed by atoms with E-state index in [1.807, 2.05) is 11.4 Å². The number of carbonyl (C=O) groups excluding carboxylic acids is 2. The van der Waals surface area contributed by atoms with Gasteiger partial charge in [0.2, 0.25) is 5.91 Å². The lowest BCUT2D eigenvalue weighted by Gasteiger charge is -2.07. The number of benzene rings is 1. The van der Waals surface area contributed by atoms with E-state index in [2.05, 4.69) is 9.97 Å². The number of amides is 3. The first kappa shape index (κ1) is 16.8. The molecule has 0 saturated heterocycles. The van der Waals surface area contributed by atoms with Gasteiger partial charge >= 0.3 is 6.03 Å². The van der Waals surface area contributed by atoms with E-state index in [1.54, 1.807) is 25.1 Å². The van der Waals surface area contributed by atoms with Gasteiger partial charge in [-0.05, 0) is 19.1 Å². The van der Waals surface area contributed by atoms with Crippen molar-refractivity contribution in [2.75, 3.05) is 5.75 Å². The van der Waals surface area contributed by atoms with Crippen LogP contribution >= 0.6 is 0 Å². The number of hydrogen-bond acceptors (Lipinski definition) is 6. The van der Waals surface area contributed by atoms with Gasteiger partial charge in [0.25, 0.3) is 0 Å². The standard InChI is InChI=1S/C14H16N4O4S/c1-9-12(17-11-5-3-2-4-10(11)16-9)8-23(21,22)7-6-13(19)18-14(15)20/h2-5H,6-8H2,1H3,(H3,15,18,19,20). The van der Waals surface area contributed by atoms with Gasteiger partial charge in [0, 0.05) is 6.42 Å². The molecule has 0 bridgehead atoms. The largest absolute Gasteiger partial charge is 0.351 e. The van der Waals surface area contributed by atoms with Crippen LogP contribution < -0.4 is 11.1 Å². The maximum absolute atomic E-state index is 12.1. The molecule has 0 aliphatic heterocycles. The van der Waals surface area contributed by atoms with E-state index in [0.29, 0.717) is 22.4 Å². The van der Waals surface area contributed by atoms with E-state index in [1.165, 1.54) is 0 Å². The van der Waals surface area contributed by atoms with Crippen molar-refractivity contribution in [2.24, 2.45) is 5.73 Å². The summed E-state index contributed by atoms with van der Waals surface area (Å²) < 4.78 is 24.2. The minimum absolute atomic E-state index is 0.319. The summed E-state index contributed by atoms with van der Waals surface area (Å²) >= 11 is 0. The van der Waals surface area contributed by atoms with Gasteiger partial charge in [0.05, 0.1) is 33.9 Å². The number of aryl methyl sites for hydroxylation is 1. The van der Waals surface area contributed by atoms with Crippen molar-refractivity contribution in [1.82, 2.24) is 15.3 Å². The Morgan fingerprint density at radius 1 is 1.17 bits per heavy atom. The molecule has 122 valence electrons. The Hall–Kier alpha value is -2.55. The van der Waals surface area contributed by atoms with Crippen molar-refractivity contribution >= 4 is 32.8 Å². The van der Waals surface area contributed by atoms with Crippen LogP contribution in [0.15, 0.2) is 24.3 Å². The van der Waals surface area contributed by atoms with Crippen LogP contribution in [0.3, 0.4) is 0 Å². The number of imide groups is 1. The van der Waals surface area contributed by atoms with Crippen molar-refractivity contribution in [3.05, 3.63) is 35.7 Å². The van der Waals surface area contributed by atoms with E-state index >= 15 is 0 Å². The van der Waals surface area contributed by atoms with Crippen LogP contribution in [0.2, 0.25) is 0 Å². The smallest absolute Gasteiger partial charge is 0.318 e. The lowest BCUT2D eigenvalue weighted by Crippen LogP contribution is -2.35. The highest BCUT2D eigenvalue weighted by Gasteiger charge is 2.18. The van der Waals surface area contributed by atoms with Crippen molar-refractivity contribution in [3.63, 3.8) is 0 Å². The minimum atomic E-state index is -3.57.